The molecule has 7 nitrogen and oxygen atoms in total. The molecule has 0 aliphatic rings. The number of hydrogen-bond donors (Lipinski definition) is 3. The van der Waals surface area contributed by atoms with Crippen LogP contribution in [-0.2, 0) is 6.54 Å². The van der Waals surface area contributed by atoms with Crippen LogP contribution in [0.5, 0.6) is 11.5 Å². The van der Waals surface area contributed by atoms with Crippen molar-refractivity contribution in [1.82, 2.24) is 16.0 Å². The first kappa shape index (κ1) is 20.1. The zero-order valence-electron chi connectivity index (χ0n) is 15.9. The van der Waals surface area contributed by atoms with Crippen molar-refractivity contribution in [2.24, 2.45) is 4.99 Å². The molecule has 2 aromatic carbocycles. The molecule has 0 fully saturated rings. The zero-order valence-corrected chi connectivity index (χ0v) is 15.9. The molecule has 0 bridgehead atoms. The number of amides is 1. The van der Waals surface area contributed by atoms with E-state index in [1.54, 1.807) is 45.5 Å². The molecular formula is C20H26N4O3. The molecule has 1 amide bonds. The highest BCUT2D eigenvalue weighted by Gasteiger charge is 2.06. The molecule has 0 radical (unpaired) electrons. The van der Waals surface area contributed by atoms with Crippen LogP contribution in [0.1, 0.15) is 15.9 Å². The lowest BCUT2D eigenvalue weighted by atomic mass is 10.2. The minimum atomic E-state index is -0.128. The molecular weight excluding hydrogens is 344 g/mol. The Morgan fingerprint density at radius 3 is 2.30 bits per heavy atom. The number of methoxy groups -OCH3 is 2. The maximum absolute atomic E-state index is 12.1. The van der Waals surface area contributed by atoms with E-state index in [0.29, 0.717) is 31.2 Å². The Balaban J connectivity index is 1.73. The molecule has 0 aliphatic carbocycles. The van der Waals surface area contributed by atoms with E-state index in [9.17, 15) is 4.79 Å². The molecule has 0 spiro atoms. The third-order valence-electron chi connectivity index (χ3n) is 3.92. The Morgan fingerprint density at radius 2 is 1.63 bits per heavy atom. The summed E-state index contributed by atoms with van der Waals surface area (Å²) in [6.45, 7) is 1.61. The molecule has 0 aliphatic heterocycles. The first-order valence-corrected chi connectivity index (χ1v) is 8.66. The number of rotatable bonds is 8. The van der Waals surface area contributed by atoms with Crippen molar-refractivity contribution in [3.63, 3.8) is 0 Å². The average molecular weight is 370 g/mol. The van der Waals surface area contributed by atoms with Gasteiger partial charge in [0.2, 0.25) is 0 Å². The average Bonchev–Trinajstić information content (AvgIpc) is 2.73. The molecule has 0 heterocycles. The molecule has 0 saturated heterocycles. The highest BCUT2D eigenvalue weighted by atomic mass is 16.5. The first-order valence-electron chi connectivity index (χ1n) is 8.66. The fraction of sp³-hybridized carbons (Fsp3) is 0.300. The van der Waals surface area contributed by atoms with Crippen molar-refractivity contribution >= 4 is 11.9 Å². The fourth-order valence-electron chi connectivity index (χ4n) is 2.45. The van der Waals surface area contributed by atoms with Crippen LogP contribution < -0.4 is 25.4 Å². The van der Waals surface area contributed by atoms with Crippen LogP contribution in [0.2, 0.25) is 0 Å². The third kappa shape index (κ3) is 6.22. The molecule has 3 N–H and O–H groups in total. The van der Waals surface area contributed by atoms with E-state index in [1.165, 1.54) is 0 Å². The van der Waals surface area contributed by atoms with E-state index in [4.69, 9.17) is 9.47 Å². The monoisotopic (exact) mass is 370 g/mol. The zero-order chi connectivity index (χ0) is 19.5. The Labute approximate surface area is 159 Å². The van der Waals surface area contributed by atoms with Crippen molar-refractivity contribution in [1.29, 1.82) is 0 Å². The molecule has 27 heavy (non-hydrogen) atoms. The Bertz CT molecular complexity index is 760. The second-order valence-corrected chi connectivity index (χ2v) is 5.65. The number of aliphatic imine (C=N–C) groups is 1. The van der Waals surface area contributed by atoms with E-state index in [-0.39, 0.29) is 5.91 Å². The number of para-hydroxylation sites is 1. The van der Waals surface area contributed by atoms with Crippen molar-refractivity contribution in [3.05, 3.63) is 59.7 Å². The number of carbonyl (C=O) groups is 1. The summed E-state index contributed by atoms with van der Waals surface area (Å²) in [6, 6.07) is 14.8. The van der Waals surface area contributed by atoms with E-state index in [0.717, 1.165) is 17.1 Å². The second kappa shape index (κ2) is 10.7. The summed E-state index contributed by atoms with van der Waals surface area (Å²) < 4.78 is 10.4. The van der Waals surface area contributed by atoms with E-state index in [2.05, 4.69) is 20.9 Å². The number of hydrogen-bond acceptors (Lipinski definition) is 4. The Kier molecular flexibility index (Phi) is 7.96. The van der Waals surface area contributed by atoms with Crippen molar-refractivity contribution < 1.29 is 14.3 Å². The topological polar surface area (TPSA) is 84.0 Å². The molecule has 0 saturated carbocycles. The van der Waals surface area contributed by atoms with Crippen molar-refractivity contribution in [2.75, 3.05) is 34.4 Å². The van der Waals surface area contributed by atoms with Crippen LogP contribution in [0, 0.1) is 0 Å². The molecule has 2 aromatic rings. The maximum Gasteiger partial charge on any atom is 0.251 e. The normalized spacial score (nSPS) is 10.9. The lowest BCUT2D eigenvalue weighted by molar-refractivity contribution is 0.0954. The van der Waals surface area contributed by atoms with Crippen LogP contribution in [0.3, 0.4) is 0 Å². The van der Waals surface area contributed by atoms with Crippen LogP contribution in [0.15, 0.2) is 53.5 Å². The third-order valence-corrected chi connectivity index (χ3v) is 3.92. The van der Waals surface area contributed by atoms with Gasteiger partial charge in [-0.1, -0.05) is 18.2 Å². The van der Waals surface area contributed by atoms with Crippen LogP contribution in [0.25, 0.3) is 0 Å². The number of guanidine groups is 1. The molecule has 144 valence electrons. The SMILES string of the molecule is CN=C(NCCNC(=O)c1ccc(OC)cc1)NCc1ccccc1OC. The fourth-order valence-corrected chi connectivity index (χ4v) is 2.45. The number of nitrogens with one attached hydrogen (secondary N) is 3. The van der Waals surface area contributed by atoms with E-state index >= 15 is 0 Å². The van der Waals surface area contributed by atoms with E-state index < -0.39 is 0 Å². The number of benzene rings is 2. The first-order chi connectivity index (χ1) is 13.2. The quantitative estimate of drug-likeness (QED) is 0.375. The summed E-state index contributed by atoms with van der Waals surface area (Å²) in [7, 11) is 4.94. The van der Waals surface area contributed by atoms with Crippen LogP contribution >= 0.6 is 0 Å². The lowest BCUT2D eigenvalue weighted by Gasteiger charge is -2.14. The van der Waals surface area contributed by atoms with Gasteiger partial charge in [0.1, 0.15) is 11.5 Å². The molecule has 2 rings (SSSR count). The summed E-state index contributed by atoms with van der Waals surface area (Å²) in [5.74, 6) is 2.07. The van der Waals surface area contributed by atoms with Gasteiger partial charge in [0.25, 0.3) is 5.91 Å². The predicted octanol–water partition coefficient (Wildman–Crippen LogP) is 1.80. The lowest BCUT2D eigenvalue weighted by Crippen LogP contribution is -2.41. The van der Waals surface area contributed by atoms with Gasteiger partial charge >= 0.3 is 0 Å². The molecule has 7 heteroatoms. The van der Waals surface area contributed by atoms with Gasteiger partial charge in [-0.25, -0.2) is 0 Å². The number of carbonyl (C=O) groups excluding carboxylic acids is 1. The summed E-state index contributed by atoms with van der Waals surface area (Å²) in [5, 5.41) is 9.25. The molecule has 0 unspecified atom stereocenters. The molecule has 0 atom stereocenters. The van der Waals surface area contributed by atoms with Gasteiger partial charge in [-0.2, -0.15) is 0 Å². The Hall–Kier alpha value is -3.22. The van der Waals surface area contributed by atoms with Crippen LogP contribution in [0.4, 0.5) is 0 Å². The van der Waals surface area contributed by atoms with Gasteiger partial charge in [0.15, 0.2) is 5.96 Å². The van der Waals surface area contributed by atoms with Crippen LogP contribution in [-0.4, -0.2) is 46.2 Å². The Morgan fingerprint density at radius 1 is 0.926 bits per heavy atom. The smallest absolute Gasteiger partial charge is 0.251 e. The number of nitrogens with zero attached hydrogens (tertiary/aromatic N) is 1. The van der Waals surface area contributed by atoms with E-state index in [1.807, 2.05) is 24.3 Å². The predicted molar refractivity (Wildman–Crippen MR) is 107 cm³/mol. The van der Waals surface area contributed by atoms with Gasteiger partial charge in [-0.3, -0.25) is 9.79 Å². The standard InChI is InChI=1S/C20H26N4O3/c1-21-20(24-14-16-6-4-5-7-18(16)27-3)23-13-12-22-19(25)15-8-10-17(26-2)11-9-15/h4-11H,12-14H2,1-3H3,(H,22,25)(H2,21,23,24). The van der Waals surface area contributed by atoms with Gasteiger partial charge < -0.3 is 25.4 Å². The number of ether oxygens (including phenoxy) is 2. The summed E-state index contributed by atoms with van der Waals surface area (Å²) in [6.07, 6.45) is 0. The highest BCUT2D eigenvalue weighted by Crippen LogP contribution is 2.16. The molecule has 0 aromatic heterocycles. The van der Waals surface area contributed by atoms with Gasteiger partial charge in [0.05, 0.1) is 14.2 Å². The van der Waals surface area contributed by atoms with Gasteiger partial charge in [-0.15, -0.1) is 0 Å². The van der Waals surface area contributed by atoms with Crippen molar-refractivity contribution in [3.8, 4) is 11.5 Å². The summed E-state index contributed by atoms with van der Waals surface area (Å²) in [5.41, 5.74) is 1.63. The summed E-state index contributed by atoms with van der Waals surface area (Å²) in [4.78, 5) is 16.3. The largest absolute Gasteiger partial charge is 0.497 e. The minimum absolute atomic E-state index is 0.128. The second-order valence-electron chi connectivity index (χ2n) is 5.65. The van der Waals surface area contributed by atoms with Crippen molar-refractivity contribution in [2.45, 2.75) is 6.54 Å². The van der Waals surface area contributed by atoms with Gasteiger partial charge in [-0.05, 0) is 30.3 Å². The minimum Gasteiger partial charge on any atom is -0.497 e. The highest BCUT2D eigenvalue weighted by molar-refractivity contribution is 5.94. The summed E-state index contributed by atoms with van der Waals surface area (Å²) >= 11 is 0. The van der Waals surface area contributed by atoms with Gasteiger partial charge in [0, 0.05) is 37.8 Å². The maximum atomic E-state index is 12.1.